The molecule has 3 heteroatoms. The summed E-state index contributed by atoms with van der Waals surface area (Å²) in [5.74, 6) is 0. The molecular weight excluding hydrogens is 352 g/mol. The molecule has 0 saturated heterocycles. The maximum Gasteiger partial charge on any atom is 0.0638 e. The van der Waals surface area contributed by atoms with Gasteiger partial charge in [-0.25, -0.2) is 0 Å². The summed E-state index contributed by atoms with van der Waals surface area (Å²) in [7, 11) is 0. The number of halogens is 1. The van der Waals surface area contributed by atoms with E-state index >= 15 is 0 Å². The zero-order chi connectivity index (χ0) is 19.8. The van der Waals surface area contributed by atoms with Crippen molar-refractivity contribution in [2.75, 3.05) is 11.5 Å². The summed E-state index contributed by atoms with van der Waals surface area (Å²) in [6.07, 6.45) is 0. The Bertz CT molecular complexity index is 956. The van der Waals surface area contributed by atoms with Gasteiger partial charge in [0, 0.05) is 16.5 Å². The smallest absolute Gasteiger partial charge is 0.0638 e. The number of nitrogens with two attached hydrogens (primary N) is 2. The minimum Gasteiger partial charge on any atom is -0.399 e. The molecule has 2 nitrogen and oxygen atoms in total. The Labute approximate surface area is 167 Å². The van der Waals surface area contributed by atoms with E-state index in [1.165, 1.54) is 16.7 Å². The first-order chi connectivity index (χ1) is 12.6. The summed E-state index contributed by atoms with van der Waals surface area (Å²) < 4.78 is 0. The second-order valence-corrected chi connectivity index (χ2v) is 8.60. The third kappa shape index (κ3) is 3.68. The fourth-order valence-electron chi connectivity index (χ4n) is 3.45. The first-order valence-corrected chi connectivity index (χ1v) is 9.53. The van der Waals surface area contributed by atoms with Gasteiger partial charge in [0.2, 0.25) is 0 Å². The molecule has 0 heterocycles. The second-order valence-electron chi connectivity index (χ2n) is 8.19. The molecule has 3 aromatic rings. The molecule has 27 heavy (non-hydrogen) atoms. The van der Waals surface area contributed by atoms with Crippen LogP contribution in [0.4, 0.5) is 11.4 Å². The highest BCUT2D eigenvalue weighted by Crippen LogP contribution is 2.38. The zero-order valence-corrected chi connectivity index (χ0v) is 17.1. The lowest BCUT2D eigenvalue weighted by molar-refractivity contribution is 0.617. The van der Waals surface area contributed by atoms with Crippen LogP contribution in [0.3, 0.4) is 0 Å². The van der Waals surface area contributed by atoms with Crippen molar-refractivity contribution in [1.29, 1.82) is 0 Å². The fourth-order valence-corrected chi connectivity index (χ4v) is 3.63. The van der Waals surface area contributed by atoms with Gasteiger partial charge in [-0.15, -0.1) is 0 Å². The lowest BCUT2D eigenvalue weighted by Gasteiger charge is -2.31. The molecule has 0 saturated carbocycles. The van der Waals surface area contributed by atoms with Gasteiger partial charge in [-0.3, -0.25) is 0 Å². The first-order valence-electron chi connectivity index (χ1n) is 9.15. The van der Waals surface area contributed by atoms with Crippen LogP contribution in [0.15, 0.2) is 66.7 Å². The molecule has 3 aromatic carbocycles. The zero-order valence-electron chi connectivity index (χ0n) is 16.4. The van der Waals surface area contributed by atoms with Crippen LogP contribution in [0.5, 0.6) is 0 Å². The van der Waals surface area contributed by atoms with E-state index in [9.17, 15) is 0 Å². The van der Waals surface area contributed by atoms with E-state index in [1.807, 2.05) is 24.3 Å². The first kappa shape index (κ1) is 19.3. The van der Waals surface area contributed by atoms with E-state index in [1.54, 1.807) is 0 Å². The van der Waals surface area contributed by atoms with Gasteiger partial charge < -0.3 is 11.5 Å². The molecule has 0 amide bonds. The Hall–Kier alpha value is -2.45. The lowest BCUT2D eigenvalue weighted by Crippen LogP contribution is -2.23. The van der Waals surface area contributed by atoms with Crippen molar-refractivity contribution in [3.8, 4) is 0 Å². The van der Waals surface area contributed by atoms with Crippen molar-refractivity contribution in [3.05, 3.63) is 94.0 Å². The molecule has 0 spiro atoms. The average Bonchev–Trinajstić information content (AvgIpc) is 2.64. The molecule has 0 bridgehead atoms. The summed E-state index contributed by atoms with van der Waals surface area (Å²) in [5.41, 5.74) is 17.7. The summed E-state index contributed by atoms with van der Waals surface area (Å²) >= 11 is 6.27. The van der Waals surface area contributed by atoms with Crippen LogP contribution in [0.25, 0.3) is 0 Å². The van der Waals surface area contributed by atoms with Crippen molar-refractivity contribution in [2.24, 2.45) is 0 Å². The molecule has 0 aromatic heterocycles. The topological polar surface area (TPSA) is 52.0 Å². The van der Waals surface area contributed by atoms with E-state index in [0.29, 0.717) is 10.7 Å². The maximum atomic E-state index is 6.27. The average molecular weight is 379 g/mol. The van der Waals surface area contributed by atoms with Crippen LogP contribution in [0.1, 0.15) is 49.9 Å². The molecule has 0 aliphatic heterocycles. The highest BCUT2D eigenvalue weighted by molar-refractivity contribution is 6.33. The van der Waals surface area contributed by atoms with Gasteiger partial charge in [-0.1, -0.05) is 81.8 Å². The van der Waals surface area contributed by atoms with E-state index in [0.717, 1.165) is 11.3 Å². The molecule has 4 N–H and O–H groups in total. The van der Waals surface area contributed by atoms with Crippen LogP contribution in [-0.2, 0) is 10.8 Å². The van der Waals surface area contributed by atoms with E-state index < -0.39 is 0 Å². The SMILES string of the molecule is CC(C)(c1ccc(N)cc1)c1cccc(C(C)(C)c2ccc(N)c(Cl)c2)c1. The summed E-state index contributed by atoms with van der Waals surface area (Å²) in [5, 5.41) is 0.596. The molecule has 0 aliphatic rings. The number of rotatable bonds is 4. The van der Waals surface area contributed by atoms with E-state index in [4.69, 9.17) is 23.1 Å². The molecule has 3 rings (SSSR count). The van der Waals surface area contributed by atoms with Crippen LogP contribution in [-0.4, -0.2) is 0 Å². The number of hydrogen-bond acceptors (Lipinski definition) is 2. The number of anilines is 2. The van der Waals surface area contributed by atoms with Gasteiger partial charge in [-0.2, -0.15) is 0 Å². The molecule has 0 unspecified atom stereocenters. The number of nitrogen functional groups attached to an aromatic ring is 2. The lowest BCUT2D eigenvalue weighted by atomic mass is 9.73. The van der Waals surface area contributed by atoms with E-state index in [2.05, 4.69) is 70.2 Å². The maximum absolute atomic E-state index is 6.27. The van der Waals surface area contributed by atoms with Crippen molar-refractivity contribution in [2.45, 2.75) is 38.5 Å². The van der Waals surface area contributed by atoms with Gasteiger partial charge in [-0.05, 0) is 46.5 Å². The molecule has 0 aliphatic carbocycles. The van der Waals surface area contributed by atoms with Gasteiger partial charge in [0.1, 0.15) is 0 Å². The fraction of sp³-hybridized carbons (Fsp3) is 0.250. The highest BCUT2D eigenvalue weighted by Gasteiger charge is 2.28. The van der Waals surface area contributed by atoms with E-state index in [-0.39, 0.29) is 10.8 Å². The van der Waals surface area contributed by atoms with Crippen molar-refractivity contribution in [1.82, 2.24) is 0 Å². The van der Waals surface area contributed by atoms with Crippen LogP contribution in [0.2, 0.25) is 5.02 Å². The molecule has 140 valence electrons. The Morgan fingerprint density at radius 1 is 0.630 bits per heavy atom. The minimum atomic E-state index is -0.190. The van der Waals surface area contributed by atoms with Crippen LogP contribution in [0, 0.1) is 0 Å². The van der Waals surface area contributed by atoms with Gasteiger partial charge in [0.25, 0.3) is 0 Å². The van der Waals surface area contributed by atoms with Gasteiger partial charge >= 0.3 is 0 Å². The monoisotopic (exact) mass is 378 g/mol. The Kier molecular flexibility index (Phi) is 4.96. The normalized spacial score (nSPS) is 12.2. The molecular formula is C24H27ClN2. The molecule has 0 atom stereocenters. The van der Waals surface area contributed by atoms with Gasteiger partial charge in [0.05, 0.1) is 10.7 Å². The third-order valence-corrected chi connectivity index (χ3v) is 5.99. The quantitative estimate of drug-likeness (QED) is 0.534. The Morgan fingerprint density at radius 2 is 1.11 bits per heavy atom. The Morgan fingerprint density at radius 3 is 1.67 bits per heavy atom. The van der Waals surface area contributed by atoms with Crippen LogP contribution < -0.4 is 11.5 Å². The van der Waals surface area contributed by atoms with Crippen LogP contribution >= 0.6 is 11.6 Å². The standard InChI is InChI=1S/C24H27ClN2/c1-23(2,16-8-11-20(26)12-9-16)17-6-5-7-18(14-17)24(3,4)19-10-13-22(27)21(25)15-19/h5-15H,26-27H2,1-4H3. The minimum absolute atomic E-state index is 0.126. The van der Waals surface area contributed by atoms with Crippen molar-refractivity contribution >= 4 is 23.0 Å². The third-order valence-electron chi connectivity index (χ3n) is 5.66. The predicted octanol–water partition coefficient (Wildman–Crippen LogP) is 6.16. The number of benzene rings is 3. The Balaban J connectivity index is 2.04. The predicted molar refractivity (Wildman–Crippen MR) is 117 cm³/mol. The summed E-state index contributed by atoms with van der Waals surface area (Å²) in [4.78, 5) is 0. The molecule has 0 fully saturated rings. The summed E-state index contributed by atoms with van der Waals surface area (Å²) in [6.45, 7) is 8.91. The summed E-state index contributed by atoms with van der Waals surface area (Å²) in [6, 6.07) is 22.8. The van der Waals surface area contributed by atoms with Crippen molar-refractivity contribution in [3.63, 3.8) is 0 Å². The van der Waals surface area contributed by atoms with Crippen molar-refractivity contribution < 1.29 is 0 Å². The number of hydrogen-bond donors (Lipinski definition) is 2. The largest absolute Gasteiger partial charge is 0.399 e. The highest BCUT2D eigenvalue weighted by atomic mass is 35.5. The molecule has 0 radical (unpaired) electrons. The second kappa shape index (κ2) is 6.94. The van der Waals surface area contributed by atoms with Gasteiger partial charge in [0.15, 0.2) is 0 Å².